The number of carboxylic acids is 4. The summed E-state index contributed by atoms with van der Waals surface area (Å²) in [5.41, 5.74) is 4.21. The summed E-state index contributed by atoms with van der Waals surface area (Å²) in [4.78, 5) is 58.4. The summed E-state index contributed by atoms with van der Waals surface area (Å²) in [6.07, 6.45) is 0.308. The maximum absolute atomic E-state index is 12.4. The molecule has 1 saturated heterocycles. The van der Waals surface area contributed by atoms with Gasteiger partial charge in [0.05, 0.1) is 12.1 Å². The zero-order chi connectivity index (χ0) is 32.9. The predicted molar refractivity (Wildman–Crippen MR) is 159 cm³/mol. The van der Waals surface area contributed by atoms with Crippen molar-refractivity contribution in [2.75, 3.05) is 38.3 Å². The standard InChI is InChI=1S/C25H28N4O3S.2C2H2O4/c1-18-4-2-3-5-21(18)27-24(30)13-25-26-20(16-33-25)15-29-10-8-28(9-11-29)14-19-6-7-22-23(12-19)32-17-31-22;2*3-1(4)2(5)6/h2-7,12,16H,8-11,13-15,17H2,1H3,(H,27,30);2*(H,3,4)(H,5,6). The number of ether oxygens (including phenoxy) is 2. The van der Waals surface area contributed by atoms with Crippen molar-refractivity contribution in [2.24, 2.45) is 0 Å². The van der Waals surface area contributed by atoms with Crippen LogP contribution in [0.15, 0.2) is 47.8 Å². The number of aryl methyl sites for hydroxylation is 1. The zero-order valence-corrected chi connectivity index (χ0v) is 25.0. The van der Waals surface area contributed by atoms with E-state index in [1.54, 1.807) is 11.3 Å². The highest BCUT2D eigenvalue weighted by Crippen LogP contribution is 2.33. The van der Waals surface area contributed by atoms with Crippen LogP contribution in [-0.2, 0) is 43.5 Å². The fourth-order valence-electron chi connectivity index (χ4n) is 4.18. The lowest BCUT2D eigenvalue weighted by molar-refractivity contribution is -0.159. The summed E-state index contributed by atoms with van der Waals surface area (Å²) >= 11 is 1.56. The summed E-state index contributed by atoms with van der Waals surface area (Å²) < 4.78 is 10.9. The molecule has 16 heteroatoms. The van der Waals surface area contributed by atoms with Gasteiger partial charge in [-0.1, -0.05) is 24.3 Å². The molecule has 2 aliphatic rings. The van der Waals surface area contributed by atoms with Crippen molar-refractivity contribution in [3.05, 3.63) is 69.7 Å². The molecule has 0 spiro atoms. The number of rotatable bonds is 7. The Morgan fingerprint density at radius 3 is 2.00 bits per heavy atom. The van der Waals surface area contributed by atoms with Crippen molar-refractivity contribution < 1.29 is 53.9 Å². The van der Waals surface area contributed by atoms with E-state index in [4.69, 9.17) is 54.1 Å². The zero-order valence-electron chi connectivity index (χ0n) is 24.2. The Balaban J connectivity index is 0.000000392. The van der Waals surface area contributed by atoms with Crippen LogP contribution in [0.1, 0.15) is 21.8 Å². The number of fused-ring (bicyclic) bond motifs is 1. The van der Waals surface area contributed by atoms with Gasteiger partial charge in [-0.3, -0.25) is 14.6 Å². The SMILES string of the molecule is Cc1ccccc1NC(=O)Cc1nc(CN2CCN(Cc3ccc4c(c3)OCO4)CC2)cs1.O=C(O)C(=O)O.O=C(O)C(=O)O. The highest BCUT2D eigenvalue weighted by atomic mass is 32.1. The minimum Gasteiger partial charge on any atom is -0.473 e. The summed E-state index contributed by atoms with van der Waals surface area (Å²) in [7, 11) is 0. The molecule has 1 fully saturated rings. The Morgan fingerprint density at radius 1 is 0.822 bits per heavy atom. The average molecular weight is 645 g/mol. The molecule has 3 aromatic rings. The topological polar surface area (TPSA) is 216 Å². The lowest BCUT2D eigenvalue weighted by atomic mass is 10.1. The Morgan fingerprint density at radius 2 is 1.40 bits per heavy atom. The second kappa shape index (κ2) is 16.7. The first-order valence-electron chi connectivity index (χ1n) is 13.5. The monoisotopic (exact) mass is 644 g/mol. The van der Waals surface area contributed by atoms with Crippen molar-refractivity contribution in [3.63, 3.8) is 0 Å². The van der Waals surface area contributed by atoms with Crippen molar-refractivity contribution in [3.8, 4) is 11.5 Å². The number of nitrogens with one attached hydrogen (secondary N) is 1. The van der Waals surface area contributed by atoms with E-state index in [1.807, 2.05) is 37.3 Å². The van der Waals surface area contributed by atoms with Gasteiger partial charge in [-0.05, 0) is 36.2 Å². The molecule has 0 bridgehead atoms. The Bertz CT molecular complexity index is 1470. The van der Waals surface area contributed by atoms with E-state index in [0.29, 0.717) is 13.2 Å². The van der Waals surface area contributed by atoms with Gasteiger partial charge in [-0.2, -0.15) is 0 Å². The smallest absolute Gasteiger partial charge is 0.414 e. The minimum atomic E-state index is -1.82. The first-order chi connectivity index (χ1) is 21.4. The van der Waals surface area contributed by atoms with Crippen LogP contribution in [0.3, 0.4) is 0 Å². The van der Waals surface area contributed by atoms with Crippen LogP contribution in [0.25, 0.3) is 0 Å². The van der Waals surface area contributed by atoms with Gasteiger partial charge in [0.25, 0.3) is 0 Å². The van der Waals surface area contributed by atoms with Gasteiger partial charge in [0.1, 0.15) is 5.01 Å². The summed E-state index contributed by atoms with van der Waals surface area (Å²) in [5, 5.41) is 35.5. The van der Waals surface area contributed by atoms with Crippen molar-refractivity contribution >= 4 is 46.8 Å². The van der Waals surface area contributed by atoms with Gasteiger partial charge >= 0.3 is 23.9 Å². The fourth-order valence-corrected chi connectivity index (χ4v) is 4.96. The van der Waals surface area contributed by atoms with E-state index < -0.39 is 23.9 Å². The third-order valence-electron chi connectivity index (χ3n) is 6.39. The molecular weight excluding hydrogens is 612 g/mol. The van der Waals surface area contributed by atoms with E-state index in [-0.39, 0.29) is 5.91 Å². The van der Waals surface area contributed by atoms with E-state index >= 15 is 0 Å². The van der Waals surface area contributed by atoms with Crippen LogP contribution in [0.4, 0.5) is 5.69 Å². The number of hydrogen-bond acceptors (Lipinski definition) is 11. The Kier molecular flexibility index (Phi) is 12.8. The number of anilines is 1. The van der Waals surface area contributed by atoms with Gasteiger partial charge in [0, 0.05) is 50.3 Å². The van der Waals surface area contributed by atoms with E-state index in [9.17, 15) is 4.79 Å². The number of para-hydroxylation sites is 1. The average Bonchev–Trinajstić information content (AvgIpc) is 3.65. The lowest BCUT2D eigenvalue weighted by Crippen LogP contribution is -2.45. The summed E-state index contributed by atoms with van der Waals surface area (Å²) in [6, 6.07) is 14.0. The van der Waals surface area contributed by atoms with Crippen LogP contribution >= 0.6 is 11.3 Å². The van der Waals surface area contributed by atoms with Gasteiger partial charge in [0.2, 0.25) is 12.7 Å². The molecule has 1 amide bonds. The molecule has 1 aromatic heterocycles. The lowest BCUT2D eigenvalue weighted by Gasteiger charge is -2.34. The molecule has 0 radical (unpaired) electrons. The predicted octanol–water partition coefficient (Wildman–Crippen LogP) is 1.99. The molecule has 2 aliphatic heterocycles. The number of carbonyl (C=O) groups excluding carboxylic acids is 1. The number of aliphatic carboxylic acids is 4. The molecule has 15 nitrogen and oxygen atoms in total. The second-order valence-electron chi connectivity index (χ2n) is 9.73. The molecule has 3 heterocycles. The Hall–Kier alpha value is -5.06. The number of piperazine rings is 1. The highest BCUT2D eigenvalue weighted by molar-refractivity contribution is 7.09. The molecule has 45 heavy (non-hydrogen) atoms. The Labute approximate surface area is 261 Å². The first kappa shape index (κ1) is 34.4. The molecule has 240 valence electrons. The first-order valence-corrected chi connectivity index (χ1v) is 14.3. The van der Waals surface area contributed by atoms with E-state index in [1.165, 1.54) is 5.56 Å². The van der Waals surface area contributed by atoms with Crippen molar-refractivity contribution in [1.29, 1.82) is 0 Å². The number of aromatic nitrogens is 1. The third kappa shape index (κ3) is 11.5. The number of carbonyl (C=O) groups is 5. The fraction of sp³-hybridized carbons (Fsp3) is 0.310. The second-order valence-corrected chi connectivity index (χ2v) is 10.7. The number of benzene rings is 2. The molecular formula is C29H32N4O11S. The minimum absolute atomic E-state index is 0.0256. The molecule has 2 aromatic carbocycles. The van der Waals surface area contributed by atoms with E-state index in [0.717, 1.165) is 72.7 Å². The maximum atomic E-state index is 12.4. The number of amides is 1. The number of nitrogens with zero attached hydrogens (tertiary/aromatic N) is 3. The molecule has 0 atom stereocenters. The van der Waals surface area contributed by atoms with Gasteiger partial charge in [-0.25, -0.2) is 24.2 Å². The van der Waals surface area contributed by atoms with Crippen LogP contribution in [0.2, 0.25) is 0 Å². The van der Waals surface area contributed by atoms with Crippen LogP contribution < -0.4 is 14.8 Å². The quantitative estimate of drug-likeness (QED) is 0.233. The molecule has 0 unspecified atom stereocenters. The number of carboxylic acid groups (broad SMARTS) is 4. The number of hydrogen-bond donors (Lipinski definition) is 5. The third-order valence-corrected chi connectivity index (χ3v) is 7.29. The molecule has 5 N–H and O–H groups in total. The maximum Gasteiger partial charge on any atom is 0.414 e. The molecule has 5 rings (SSSR count). The van der Waals surface area contributed by atoms with Gasteiger partial charge < -0.3 is 35.2 Å². The van der Waals surface area contributed by atoms with E-state index in [2.05, 4.69) is 32.6 Å². The molecule has 0 aliphatic carbocycles. The van der Waals surface area contributed by atoms with Crippen molar-refractivity contribution in [2.45, 2.75) is 26.4 Å². The van der Waals surface area contributed by atoms with Crippen molar-refractivity contribution in [1.82, 2.24) is 14.8 Å². The largest absolute Gasteiger partial charge is 0.473 e. The summed E-state index contributed by atoms with van der Waals surface area (Å²) in [6.45, 7) is 8.10. The van der Waals surface area contributed by atoms with Crippen LogP contribution in [0.5, 0.6) is 11.5 Å². The van der Waals surface area contributed by atoms with Gasteiger partial charge in [-0.15, -0.1) is 11.3 Å². The normalized spacial score (nSPS) is 13.8. The number of thiazole rings is 1. The highest BCUT2D eigenvalue weighted by Gasteiger charge is 2.20. The van der Waals surface area contributed by atoms with Crippen LogP contribution in [-0.4, -0.2) is 98.0 Å². The summed E-state index contributed by atoms with van der Waals surface area (Å²) in [5.74, 6) is -5.64. The molecule has 0 saturated carbocycles. The van der Waals surface area contributed by atoms with Gasteiger partial charge in [0.15, 0.2) is 11.5 Å². The van der Waals surface area contributed by atoms with Crippen LogP contribution in [0, 0.1) is 6.92 Å².